The summed E-state index contributed by atoms with van der Waals surface area (Å²) < 4.78 is 11.5. The second kappa shape index (κ2) is 9.75. The summed E-state index contributed by atoms with van der Waals surface area (Å²) in [5, 5.41) is 9.31. The Bertz CT molecular complexity index is 240. The molecule has 1 aliphatic rings. The van der Waals surface area contributed by atoms with Crippen LogP contribution in [-0.4, -0.2) is 29.7 Å². The fourth-order valence-corrected chi connectivity index (χ4v) is 2.96. The van der Waals surface area contributed by atoms with Crippen LogP contribution in [0.4, 0.5) is 0 Å². The highest BCUT2D eigenvalue weighted by molar-refractivity contribution is 4.80. The highest BCUT2D eigenvalue weighted by Gasteiger charge is 2.40. The fraction of sp³-hybridized carbons (Fsp3) is 1.00. The Hall–Kier alpha value is -0.120. The average Bonchev–Trinajstić information content (AvgIpc) is 2.71. The van der Waals surface area contributed by atoms with Crippen molar-refractivity contribution in [3.63, 3.8) is 0 Å². The Morgan fingerprint density at radius 2 is 1.30 bits per heavy atom. The van der Waals surface area contributed by atoms with Crippen LogP contribution in [0.25, 0.3) is 0 Å². The smallest absolute Gasteiger partial charge is 0.163 e. The SMILES string of the molecule is CCCCCCCCCCC[C@H]1OC(C)(C)O[C@@H]1CO. The van der Waals surface area contributed by atoms with Crippen LogP contribution in [0.15, 0.2) is 0 Å². The maximum absolute atomic E-state index is 9.31. The van der Waals surface area contributed by atoms with Crippen molar-refractivity contribution in [3.8, 4) is 0 Å². The van der Waals surface area contributed by atoms with Gasteiger partial charge in [-0.2, -0.15) is 0 Å². The number of ether oxygens (including phenoxy) is 2. The lowest BCUT2D eigenvalue weighted by Gasteiger charge is -2.16. The summed E-state index contributed by atoms with van der Waals surface area (Å²) in [5.41, 5.74) is 0. The number of hydrogen-bond acceptors (Lipinski definition) is 3. The molecule has 1 heterocycles. The van der Waals surface area contributed by atoms with Gasteiger partial charge in [0.15, 0.2) is 5.79 Å². The molecule has 0 bridgehead atoms. The van der Waals surface area contributed by atoms with E-state index in [1.54, 1.807) is 0 Å². The van der Waals surface area contributed by atoms with Crippen LogP contribution in [0, 0.1) is 0 Å². The Morgan fingerprint density at radius 3 is 1.85 bits per heavy atom. The average molecular weight is 286 g/mol. The predicted molar refractivity (Wildman–Crippen MR) is 82.8 cm³/mol. The van der Waals surface area contributed by atoms with Gasteiger partial charge in [-0.05, 0) is 20.3 Å². The van der Waals surface area contributed by atoms with Gasteiger partial charge in [0.2, 0.25) is 0 Å². The third-order valence-corrected chi connectivity index (χ3v) is 4.06. The summed E-state index contributed by atoms with van der Waals surface area (Å²) in [6.07, 6.45) is 13.0. The monoisotopic (exact) mass is 286 g/mol. The van der Waals surface area contributed by atoms with Crippen LogP contribution in [0.2, 0.25) is 0 Å². The molecule has 0 aromatic heterocycles. The first-order valence-electron chi connectivity index (χ1n) is 8.55. The van der Waals surface area contributed by atoms with Gasteiger partial charge in [0, 0.05) is 0 Å². The summed E-state index contributed by atoms with van der Waals surface area (Å²) in [6, 6.07) is 0. The predicted octanol–water partition coefficient (Wildman–Crippen LogP) is 4.42. The Balaban J connectivity index is 1.98. The first-order chi connectivity index (χ1) is 9.59. The standard InChI is InChI=1S/C17H34O3/c1-4-5-6-7-8-9-10-11-12-13-15-16(14-18)20-17(2,3)19-15/h15-16,18H,4-14H2,1-3H3/t15-,16-/m1/s1. The third kappa shape index (κ3) is 7.05. The van der Waals surface area contributed by atoms with E-state index >= 15 is 0 Å². The second-order valence-corrected chi connectivity index (χ2v) is 6.51. The minimum Gasteiger partial charge on any atom is -0.394 e. The van der Waals surface area contributed by atoms with Crippen molar-refractivity contribution in [1.82, 2.24) is 0 Å². The van der Waals surface area contributed by atoms with Crippen molar-refractivity contribution >= 4 is 0 Å². The van der Waals surface area contributed by atoms with Crippen molar-refractivity contribution < 1.29 is 14.6 Å². The molecule has 0 amide bonds. The summed E-state index contributed by atoms with van der Waals surface area (Å²) in [7, 11) is 0. The van der Waals surface area contributed by atoms with Gasteiger partial charge in [-0.3, -0.25) is 0 Å². The molecule has 3 nitrogen and oxygen atoms in total. The first kappa shape index (κ1) is 17.9. The maximum Gasteiger partial charge on any atom is 0.163 e. The van der Waals surface area contributed by atoms with Crippen LogP contribution >= 0.6 is 0 Å². The molecular formula is C17H34O3. The highest BCUT2D eigenvalue weighted by atomic mass is 16.8. The van der Waals surface area contributed by atoms with Crippen molar-refractivity contribution in [2.75, 3.05) is 6.61 Å². The lowest BCUT2D eigenvalue weighted by molar-refractivity contribution is -0.149. The van der Waals surface area contributed by atoms with E-state index in [-0.39, 0.29) is 18.8 Å². The number of aliphatic hydroxyl groups excluding tert-OH is 1. The van der Waals surface area contributed by atoms with Crippen LogP contribution < -0.4 is 0 Å². The van der Waals surface area contributed by atoms with Gasteiger partial charge in [-0.1, -0.05) is 64.7 Å². The molecule has 0 aromatic rings. The summed E-state index contributed by atoms with van der Waals surface area (Å²) >= 11 is 0. The largest absolute Gasteiger partial charge is 0.394 e. The number of aliphatic hydroxyl groups is 1. The van der Waals surface area contributed by atoms with Crippen molar-refractivity contribution in [1.29, 1.82) is 0 Å². The molecule has 0 aromatic carbocycles. The minimum absolute atomic E-state index is 0.0610. The van der Waals surface area contributed by atoms with Gasteiger partial charge in [-0.15, -0.1) is 0 Å². The fourth-order valence-electron chi connectivity index (χ4n) is 2.96. The molecule has 0 saturated carbocycles. The van der Waals surface area contributed by atoms with E-state index in [0.717, 1.165) is 6.42 Å². The second-order valence-electron chi connectivity index (χ2n) is 6.51. The molecule has 120 valence electrons. The van der Waals surface area contributed by atoms with Gasteiger partial charge < -0.3 is 14.6 Å². The lowest BCUT2D eigenvalue weighted by atomic mass is 10.0. The zero-order valence-electron chi connectivity index (χ0n) is 13.7. The van der Waals surface area contributed by atoms with Crippen LogP contribution in [0.5, 0.6) is 0 Å². The van der Waals surface area contributed by atoms with Crippen LogP contribution in [0.3, 0.4) is 0 Å². The van der Waals surface area contributed by atoms with Crippen LogP contribution in [0.1, 0.15) is 85.0 Å². The van der Waals surface area contributed by atoms with E-state index < -0.39 is 5.79 Å². The Morgan fingerprint density at radius 1 is 0.800 bits per heavy atom. The molecule has 1 rings (SSSR count). The zero-order valence-corrected chi connectivity index (χ0v) is 13.7. The molecule has 1 aliphatic heterocycles. The molecule has 1 N–H and O–H groups in total. The molecule has 0 spiro atoms. The molecule has 0 unspecified atom stereocenters. The molecule has 1 saturated heterocycles. The zero-order chi connectivity index (χ0) is 14.8. The molecule has 3 heteroatoms. The maximum atomic E-state index is 9.31. The number of rotatable bonds is 11. The van der Waals surface area contributed by atoms with E-state index in [2.05, 4.69) is 6.92 Å². The normalized spacial score (nSPS) is 25.2. The summed E-state index contributed by atoms with van der Waals surface area (Å²) in [4.78, 5) is 0. The Labute approximate surface area is 125 Å². The van der Waals surface area contributed by atoms with Gasteiger partial charge >= 0.3 is 0 Å². The lowest BCUT2D eigenvalue weighted by Crippen LogP contribution is -2.26. The Kier molecular flexibility index (Phi) is 8.74. The van der Waals surface area contributed by atoms with E-state index in [1.807, 2.05) is 13.8 Å². The third-order valence-electron chi connectivity index (χ3n) is 4.06. The molecule has 1 fully saturated rings. The molecule has 0 aliphatic carbocycles. The minimum atomic E-state index is -0.530. The quantitative estimate of drug-likeness (QED) is 0.571. The van der Waals surface area contributed by atoms with Crippen molar-refractivity contribution in [3.05, 3.63) is 0 Å². The van der Waals surface area contributed by atoms with E-state index in [9.17, 15) is 5.11 Å². The van der Waals surface area contributed by atoms with Crippen LogP contribution in [-0.2, 0) is 9.47 Å². The topological polar surface area (TPSA) is 38.7 Å². The van der Waals surface area contributed by atoms with Gasteiger partial charge in [0.1, 0.15) is 6.10 Å². The van der Waals surface area contributed by atoms with Gasteiger partial charge in [0.05, 0.1) is 12.7 Å². The number of hydrogen-bond donors (Lipinski definition) is 1. The first-order valence-corrected chi connectivity index (χ1v) is 8.55. The molecule has 0 radical (unpaired) electrons. The molecular weight excluding hydrogens is 252 g/mol. The van der Waals surface area contributed by atoms with Crippen molar-refractivity contribution in [2.45, 2.75) is 103 Å². The summed E-state index contributed by atoms with van der Waals surface area (Å²) in [5.74, 6) is -0.530. The molecule has 2 atom stereocenters. The van der Waals surface area contributed by atoms with Crippen molar-refractivity contribution in [2.24, 2.45) is 0 Å². The van der Waals surface area contributed by atoms with E-state index in [4.69, 9.17) is 9.47 Å². The van der Waals surface area contributed by atoms with E-state index in [1.165, 1.54) is 57.8 Å². The summed E-state index contributed by atoms with van der Waals surface area (Å²) in [6.45, 7) is 6.17. The highest BCUT2D eigenvalue weighted by Crippen LogP contribution is 2.30. The van der Waals surface area contributed by atoms with Gasteiger partial charge in [-0.25, -0.2) is 0 Å². The molecule has 20 heavy (non-hydrogen) atoms. The number of unbranched alkanes of at least 4 members (excludes halogenated alkanes) is 8. The van der Waals surface area contributed by atoms with Gasteiger partial charge in [0.25, 0.3) is 0 Å². The van der Waals surface area contributed by atoms with E-state index in [0.29, 0.717) is 0 Å².